The Kier molecular flexibility index (Phi) is 8.54. The van der Waals surface area contributed by atoms with Crippen LogP contribution in [0, 0.1) is 5.82 Å². The topological polar surface area (TPSA) is 85.7 Å². The molecule has 0 bridgehead atoms. The van der Waals surface area contributed by atoms with Crippen molar-refractivity contribution in [2.24, 2.45) is 0 Å². The standard InChI is InChI=1S/C36H38FN9O/c1-3-32(47)44-23-29(24-44)46-25-38-33-34(45(21-26-10-6-4-7-11-26)22-27-12-8-5-9-13-27)40-36(41-35(33)46)39-28-14-15-31(30(37)20-28)43-18-16-42(2)17-19-43/h3-15,20,25,29H,1,16-19,21-24H2,2H3,(H,39,40,41). The predicted octanol–water partition coefficient (Wildman–Crippen LogP) is 5.24. The molecule has 0 unspecified atom stereocenters. The minimum Gasteiger partial charge on any atom is -0.367 e. The molecular formula is C36H38FN9O. The highest BCUT2D eigenvalue weighted by molar-refractivity contribution is 5.88. The lowest BCUT2D eigenvalue weighted by Crippen LogP contribution is -2.50. The van der Waals surface area contributed by atoms with E-state index >= 15 is 4.39 Å². The number of imidazole rings is 1. The van der Waals surface area contributed by atoms with Crippen LogP contribution in [0.15, 0.2) is 97.8 Å². The normalized spacial score (nSPS) is 15.4. The summed E-state index contributed by atoms with van der Waals surface area (Å²) in [7, 11) is 2.08. The molecule has 0 aliphatic carbocycles. The molecular weight excluding hydrogens is 593 g/mol. The monoisotopic (exact) mass is 631 g/mol. The van der Waals surface area contributed by atoms with Gasteiger partial charge in [-0.25, -0.2) is 9.37 Å². The van der Waals surface area contributed by atoms with E-state index in [0.717, 1.165) is 37.3 Å². The third-order valence-corrected chi connectivity index (χ3v) is 8.92. The van der Waals surface area contributed by atoms with Crippen LogP contribution in [0.1, 0.15) is 17.2 Å². The summed E-state index contributed by atoms with van der Waals surface area (Å²) >= 11 is 0. The summed E-state index contributed by atoms with van der Waals surface area (Å²) in [6.45, 7) is 9.23. The van der Waals surface area contributed by atoms with Crippen LogP contribution in [-0.2, 0) is 17.9 Å². The van der Waals surface area contributed by atoms with Gasteiger partial charge in [-0.05, 0) is 42.4 Å². The van der Waals surface area contributed by atoms with E-state index < -0.39 is 0 Å². The van der Waals surface area contributed by atoms with Crippen LogP contribution in [0.2, 0.25) is 0 Å². The zero-order chi connectivity index (χ0) is 32.3. The van der Waals surface area contributed by atoms with Gasteiger partial charge in [0.2, 0.25) is 11.9 Å². The van der Waals surface area contributed by atoms with Crippen LogP contribution in [0.3, 0.4) is 0 Å². The number of halogens is 1. The molecule has 11 heteroatoms. The van der Waals surface area contributed by atoms with Crippen LogP contribution in [0.25, 0.3) is 11.2 Å². The van der Waals surface area contributed by atoms with Gasteiger partial charge in [0.05, 0.1) is 18.1 Å². The molecule has 240 valence electrons. The van der Waals surface area contributed by atoms with E-state index in [4.69, 9.17) is 15.0 Å². The van der Waals surface area contributed by atoms with Crippen LogP contribution in [0.4, 0.5) is 27.5 Å². The lowest BCUT2D eigenvalue weighted by atomic mass is 10.1. The molecule has 5 aromatic rings. The van der Waals surface area contributed by atoms with Gasteiger partial charge in [0.25, 0.3) is 0 Å². The van der Waals surface area contributed by atoms with Crippen molar-refractivity contribution in [3.63, 3.8) is 0 Å². The highest BCUT2D eigenvalue weighted by Crippen LogP contribution is 2.33. The lowest BCUT2D eigenvalue weighted by molar-refractivity contribution is -0.131. The minimum atomic E-state index is -0.290. The Labute approximate surface area is 273 Å². The first kappa shape index (κ1) is 30.4. The highest BCUT2D eigenvalue weighted by atomic mass is 19.1. The maximum absolute atomic E-state index is 15.5. The molecule has 0 atom stereocenters. The summed E-state index contributed by atoms with van der Waals surface area (Å²) in [5.74, 6) is 0.617. The molecule has 3 aromatic carbocycles. The summed E-state index contributed by atoms with van der Waals surface area (Å²) in [5.41, 5.74) is 4.72. The van der Waals surface area contributed by atoms with Gasteiger partial charge in [-0.15, -0.1) is 0 Å². The van der Waals surface area contributed by atoms with Crippen LogP contribution in [-0.4, -0.2) is 81.5 Å². The van der Waals surface area contributed by atoms with E-state index in [0.29, 0.717) is 60.5 Å². The van der Waals surface area contributed by atoms with Gasteiger partial charge < -0.3 is 29.5 Å². The van der Waals surface area contributed by atoms with Gasteiger partial charge in [-0.2, -0.15) is 9.97 Å². The number of hydrogen-bond acceptors (Lipinski definition) is 8. The maximum Gasteiger partial charge on any atom is 0.246 e. The third-order valence-electron chi connectivity index (χ3n) is 8.92. The minimum absolute atomic E-state index is 0.0107. The molecule has 0 radical (unpaired) electrons. The number of likely N-dealkylation sites (tertiary alicyclic amines) is 1. The van der Waals surface area contributed by atoms with Crippen molar-refractivity contribution < 1.29 is 9.18 Å². The van der Waals surface area contributed by atoms with E-state index in [1.165, 1.54) is 12.1 Å². The first-order chi connectivity index (χ1) is 22.9. The molecule has 2 aromatic heterocycles. The summed E-state index contributed by atoms with van der Waals surface area (Å²) in [5, 5.41) is 3.29. The molecule has 7 rings (SSSR count). The Balaban J connectivity index is 1.26. The zero-order valence-electron chi connectivity index (χ0n) is 26.5. The Morgan fingerprint density at radius 1 is 0.957 bits per heavy atom. The predicted molar refractivity (Wildman–Crippen MR) is 183 cm³/mol. The quantitative estimate of drug-likeness (QED) is 0.210. The Hall–Kier alpha value is -5.29. The molecule has 2 saturated heterocycles. The highest BCUT2D eigenvalue weighted by Gasteiger charge is 2.33. The zero-order valence-corrected chi connectivity index (χ0v) is 26.5. The van der Waals surface area contributed by atoms with Gasteiger partial charge in [-0.1, -0.05) is 67.2 Å². The Morgan fingerprint density at radius 2 is 1.62 bits per heavy atom. The number of anilines is 4. The number of carbonyl (C=O) groups excluding carboxylic acids is 1. The molecule has 2 fully saturated rings. The first-order valence-electron chi connectivity index (χ1n) is 15.9. The number of carbonyl (C=O) groups is 1. The lowest BCUT2D eigenvalue weighted by Gasteiger charge is -2.39. The molecule has 1 amide bonds. The van der Waals surface area contributed by atoms with Gasteiger partial charge in [-0.3, -0.25) is 4.79 Å². The fraction of sp³-hybridized carbons (Fsp3) is 0.278. The molecule has 0 saturated carbocycles. The van der Waals surface area contributed by atoms with Crippen molar-refractivity contribution >= 4 is 40.2 Å². The Bertz CT molecular complexity index is 1820. The number of fused-ring (bicyclic) bond motifs is 1. The van der Waals surface area contributed by atoms with Crippen LogP contribution < -0.4 is 15.1 Å². The number of hydrogen-bond donors (Lipinski definition) is 1. The second kappa shape index (κ2) is 13.2. The Morgan fingerprint density at radius 3 is 2.23 bits per heavy atom. The first-order valence-corrected chi connectivity index (χ1v) is 15.9. The van der Waals surface area contributed by atoms with Crippen molar-refractivity contribution in [2.45, 2.75) is 19.1 Å². The van der Waals surface area contributed by atoms with Crippen molar-refractivity contribution in [1.29, 1.82) is 0 Å². The van der Waals surface area contributed by atoms with Crippen molar-refractivity contribution in [3.8, 4) is 0 Å². The van der Waals surface area contributed by atoms with Gasteiger partial charge in [0, 0.05) is 58.0 Å². The second-order valence-electron chi connectivity index (χ2n) is 12.2. The number of benzene rings is 3. The van der Waals surface area contributed by atoms with E-state index in [1.807, 2.05) is 53.1 Å². The molecule has 0 spiro atoms. The number of piperazine rings is 1. The SMILES string of the molecule is C=CC(=O)N1CC(n2cnc3c(N(Cc4ccccc4)Cc4ccccc4)nc(Nc4ccc(N5CCN(C)CC5)c(F)c4)nc32)C1. The van der Waals surface area contributed by atoms with Crippen LogP contribution >= 0.6 is 0 Å². The molecule has 4 heterocycles. The molecule has 2 aliphatic heterocycles. The summed E-state index contributed by atoms with van der Waals surface area (Å²) < 4.78 is 17.5. The smallest absolute Gasteiger partial charge is 0.246 e. The van der Waals surface area contributed by atoms with Crippen molar-refractivity contribution in [3.05, 3.63) is 115 Å². The number of nitrogens with one attached hydrogen (secondary N) is 1. The maximum atomic E-state index is 15.5. The molecule has 47 heavy (non-hydrogen) atoms. The fourth-order valence-electron chi connectivity index (χ4n) is 6.22. The second-order valence-corrected chi connectivity index (χ2v) is 12.2. The third kappa shape index (κ3) is 6.52. The largest absolute Gasteiger partial charge is 0.367 e. The van der Waals surface area contributed by atoms with Crippen LogP contribution in [0.5, 0.6) is 0 Å². The van der Waals surface area contributed by atoms with Crippen molar-refractivity contribution in [1.82, 2.24) is 29.3 Å². The average molecular weight is 632 g/mol. The van der Waals surface area contributed by atoms with E-state index in [9.17, 15) is 4.79 Å². The number of aromatic nitrogens is 4. The summed E-state index contributed by atoms with van der Waals surface area (Å²) in [4.78, 5) is 35.2. The number of likely N-dealkylation sites (N-methyl/N-ethyl adjacent to an activating group) is 1. The summed E-state index contributed by atoms with van der Waals surface area (Å²) in [6, 6.07) is 25.7. The van der Waals surface area contributed by atoms with E-state index in [-0.39, 0.29) is 17.8 Å². The number of amides is 1. The van der Waals surface area contributed by atoms with E-state index in [1.54, 1.807) is 11.2 Å². The van der Waals surface area contributed by atoms with Gasteiger partial charge in [0.15, 0.2) is 17.0 Å². The average Bonchev–Trinajstić information content (AvgIpc) is 3.48. The number of nitrogens with zero attached hydrogens (tertiary/aromatic N) is 8. The fourth-order valence-corrected chi connectivity index (χ4v) is 6.22. The van der Waals surface area contributed by atoms with Gasteiger partial charge >= 0.3 is 0 Å². The van der Waals surface area contributed by atoms with Crippen molar-refractivity contribution in [2.75, 3.05) is 61.4 Å². The van der Waals surface area contributed by atoms with E-state index in [2.05, 4.69) is 57.9 Å². The molecule has 2 aliphatic rings. The molecule has 10 nitrogen and oxygen atoms in total. The molecule has 1 N–H and O–H groups in total. The van der Waals surface area contributed by atoms with Gasteiger partial charge in [0.1, 0.15) is 5.82 Å². The number of rotatable bonds is 10. The summed E-state index contributed by atoms with van der Waals surface area (Å²) in [6.07, 6.45) is 3.12.